The van der Waals surface area contributed by atoms with E-state index in [1.165, 1.54) is 11.3 Å². The average Bonchev–Trinajstić information content (AvgIpc) is 3.00. The minimum atomic E-state index is -0.291. The lowest BCUT2D eigenvalue weighted by molar-refractivity contribution is 0.0921. The summed E-state index contributed by atoms with van der Waals surface area (Å²) in [6.07, 6.45) is 2.54. The van der Waals surface area contributed by atoms with E-state index in [2.05, 4.69) is 21.2 Å². The lowest BCUT2D eigenvalue weighted by atomic mass is 10.1. The zero-order valence-electron chi connectivity index (χ0n) is 11.4. The van der Waals surface area contributed by atoms with Crippen LogP contribution in [0.5, 0.6) is 0 Å². The standard InChI is InChI=1S/C15H17BrN2O2S/c16-9-4-5-10-12(6-9)21-14(13(10)17)15(20)18-7-8-2-1-3-11(8)19/h4-6,8,11,19H,1-3,7,17H2,(H,18,20). The second-order valence-electron chi connectivity index (χ2n) is 5.45. The molecule has 1 aliphatic rings. The van der Waals surface area contributed by atoms with E-state index in [9.17, 15) is 9.90 Å². The Morgan fingerprint density at radius 1 is 1.48 bits per heavy atom. The highest BCUT2D eigenvalue weighted by Gasteiger charge is 2.26. The summed E-state index contributed by atoms with van der Waals surface area (Å²) in [5.74, 6) is 0.0163. The molecular formula is C15H17BrN2O2S. The van der Waals surface area contributed by atoms with Gasteiger partial charge in [0, 0.05) is 27.0 Å². The van der Waals surface area contributed by atoms with Crippen LogP contribution in [0, 0.1) is 5.92 Å². The van der Waals surface area contributed by atoms with Crippen molar-refractivity contribution in [2.24, 2.45) is 5.92 Å². The Morgan fingerprint density at radius 3 is 3.00 bits per heavy atom. The van der Waals surface area contributed by atoms with Gasteiger partial charge >= 0.3 is 0 Å². The number of amides is 1. The van der Waals surface area contributed by atoms with Gasteiger partial charge in [-0.2, -0.15) is 0 Å². The van der Waals surface area contributed by atoms with E-state index in [4.69, 9.17) is 5.73 Å². The minimum absolute atomic E-state index is 0.149. The van der Waals surface area contributed by atoms with Crippen molar-refractivity contribution in [3.05, 3.63) is 27.5 Å². The first kappa shape index (κ1) is 14.8. The minimum Gasteiger partial charge on any atom is -0.397 e. The summed E-state index contributed by atoms with van der Waals surface area (Å²) in [4.78, 5) is 12.9. The molecule has 1 fully saturated rings. The van der Waals surface area contributed by atoms with Gasteiger partial charge in [0.05, 0.1) is 11.8 Å². The van der Waals surface area contributed by atoms with Gasteiger partial charge in [-0.1, -0.05) is 28.4 Å². The molecule has 4 nitrogen and oxygen atoms in total. The fraction of sp³-hybridized carbons (Fsp3) is 0.400. The van der Waals surface area contributed by atoms with Crippen LogP contribution in [0.25, 0.3) is 10.1 Å². The van der Waals surface area contributed by atoms with Crippen molar-refractivity contribution in [3.63, 3.8) is 0 Å². The number of nitrogens with two attached hydrogens (primary N) is 1. The molecule has 1 aliphatic carbocycles. The van der Waals surface area contributed by atoms with Crippen molar-refractivity contribution >= 4 is 48.9 Å². The van der Waals surface area contributed by atoms with Crippen LogP contribution in [0.1, 0.15) is 28.9 Å². The number of hydrogen-bond acceptors (Lipinski definition) is 4. The summed E-state index contributed by atoms with van der Waals surface area (Å²) in [6.45, 7) is 0.511. The maximum absolute atomic E-state index is 12.3. The van der Waals surface area contributed by atoms with Crippen molar-refractivity contribution < 1.29 is 9.90 Å². The molecule has 0 saturated heterocycles. The van der Waals surface area contributed by atoms with E-state index in [1.807, 2.05) is 18.2 Å². The molecule has 112 valence electrons. The maximum atomic E-state index is 12.3. The van der Waals surface area contributed by atoms with E-state index in [0.29, 0.717) is 17.1 Å². The molecule has 1 aromatic carbocycles. The molecule has 2 aromatic rings. The summed E-state index contributed by atoms with van der Waals surface area (Å²) in [7, 11) is 0. The number of rotatable bonds is 3. The highest BCUT2D eigenvalue weighted by Crippen LogP contribution is 2.35. The van der Waals surface area contributed by atoms with Crippen molar-refractivity contribution in [1.29, 1.82) is 0 Å². The van der Waals surface area contributed by atoms with Crippen LogP contribution in [-0.4, -0.2) is 23.7 Å². The quantitative estimate of drug-likeness (QED) is 0.778. The first-order valence-electron chi connectivity index (χ1n) is 7.00. The number of fused-ring (bicyclic) bond motifs is 1. The molecule has 2 unspecified atom stereocenters. The zero-order valence-corrected chi connectivity index (χ0v) is 13.8. The number of benzene rings is 1. The van der Waals surface area contributed by atoms with Crippen LogP contribution in [0.3, 0.4) is 0 Å². The van der Waals surface area contributed by atoms with Crippen LogP contribution < -0.4 is 11.1 Å². The predicted octanol–water partition coefficient (Wildman–Crippen LogP) is 3.14. The third-order valence-corrected chi connectivity index (χ3v) is 5.70. The monoisotopic (exact) mass is 368 g/mol. The Labute approximate surface area is 135 Å². The van der Waals surface area contributed by atoms with E-state index in [-0.39, 0.29) is 17.9 Å². The lowest BCUT2D eigenvalue weighted by Crippen LogP contribution is -2.32. The number of hydrogen-bond donors (Lipinski definition) is 3. The number of aliphatic hydroxyl groups excluding tert-OH is 1. The van der Waals surface area contributed by atoms with Gasteiger partial charge in [0.25, 0.3) is 5.91 Å². The molecule has 21 heavy (non-hydrogen) atoms. The largest absolute Gasteiger partial charge is 0.397 e. The van der Waals surface area contributed by atoms with E-state index in [1.54, 1.807) is 0 Å². The normalized spacial score (nSPS) is 21.8. The third-order valence-electron chi connectivity index (χ3n) is 4.04. The molecule has 4 N–H and O–H groups in total. The Bertz CT molecular complexity index is 686. The van der Waals surface area contributed by atoms with E-state index < -0.39 is 0 Å². The summed E-state index contributed by atoms with van der Waals surface area (Å²) in [5, 5.41) is 13.6. The highest BCUT2D eigenvalue weighted by atomic mass is 79.9. The van der Waals surface area contributed by atoms with Gasteiger partial charge in [0.1, 0.15) is 4.88 Å². The number of carbonyl (C=O) groups excluding carboxylic acids is 1. The third kappa shape index (κ3) is 2.93. The fourth-order valence-corrected chi connectivity index (χ4v) is 4.41. The Balaban J connectivity index is 1.76. The molecule has 0 bridgehead atoms. The molecule has 3 rings (SSSR count). The summed E-state index contributed by atoms with van der Waals surface area (Å²) in [5.41, 5.74) is 6.62. The van der Waals surface area contributed by atoms with Crippen LogP contribution in [-0.2, 0) is 0 Å². The number of nitrogen functional groups attached to an aromatic ring is 1. The van der Waals surface area contributed by atoms with Crippen molar-refractivity contribution in [3.8, 4) is 0 Å². The Kier molecular flexibility index (Phi) is 4.19. The fourth-order valence-electron chi connectivity index (χ4n) is 2.82. The SMILES string of the molecule is Nc1c(C(=O)NCC2CCCC2O)sc2cc(Br)ccc12. The molecule has 0 radical (unpaired) electrons. The number of thiophene rings is 1. The number of anilines is 1. The zero-order chi connectivity index (χ0) is 15.0. The van der Waals surface area contributed by atoms with Gasteiger partial charge in [-0.15, -0.1) is 11.3 Å². The molecule has 1 aromatic heterocycles. The number of aliphatic hydroxyl groups is 1. The Morgan fingerprint density at radius 2 is 2.29 bits per heavy atom. The van der Waals surface area contributed by atoms with Crippen molar-refractivity contribution in [2.45, 2.75) is 25.4 Å². The van der Waals surface area contributed by atoms with Crippen LogP contribution >= 0.6 is 27.3 Å². The van der Waals surface area contributed by atoms with E-state index in [0.717, 1.165) is 33.8 Å². The molecule has 2 atom stereocenters. The van der Waals surface area contributed by atoms with Crippen LogP contribution in [0.15, 0.2) is 22.7 Å². The van der Waals surface area contributed by atoms with E-state index >= 15 is 0 Å². The van der Waals surface area contributed by atoms with Gasteiger partial charge in [-0.3, -0.25) is 4.79 Å². The molecule has 1 heterocycles. The molecule has 1 saturated carbocycles. The van der Waals surface area contributed by atoms with Gasteiger partial charge in [0.2, 0.25) is 0 Å². The lowest BCUT2D eigenvalue weighted by Gasteiger charge is -2.14. The Hall–Kier alpha value is -1.11. The number of carbonyl (C=O) groups is 1. The molecule has 6 heteroatoms. The second kappa shape index (κ2) is 5.94. The van der Waals surface area contributed by atoms with Crippen LogP contribution in [0.4, 0.5) is 5.69 Å². The second-order valence-corrected chi connectivity index (χ2v) is 7.42. The van der Waals surface area contributed by atoms with Crippen LogP contribution in [0.2, 0.25) is 0 Å². The predicted molar refractivity (Wildman–Crippen MR) is 89.6 cm³/mol. The molecule has 0 spiro atoms. The molecular weight excluding hydrogens is 352 g/mol. The van der Waals surface area contributed by atoms with Gasteiger partial charge in [0.15, 0.2) is 0 Å². The summed E-state index contributed by atoms with van der Waals surface area (Å²) in [6, 6.07) is 5.80. The van der Waals surface area contributed by atoms with Crippen molar-refractivity contribution in [1.82, 2.24) is 5.32 Å². The molecule has 1 amide bonds. The topological polar surface area (TPSA) is 75.4 Å². The number of nitrogens with one attached hydrogen (secondary N) is 1. The summed E-state index contributed by atoms with van der Waals surface area (Å²) < 4.78 is 1.96. The van der Waals surface area contributed by atoms with Crippen molar-refractivity contribution in [2.75, 3.05) is 12.3 Å². The summed E-state index contributed by atoms with van der Waals surface area (Å²) >= 11 is 4.82. The first-order valence-corrected chi connectivity index (χ1v) is 8.61. The smallest absolute Gasteiger partial charge is 0.263 e. The van der Waals surface area contributed by atoms with Gasteiger partial charge < -0.3 is 16.2 Å². The average molecular weight is 369 g/mol. The molecule has 0 aliphatic heterocycles. The highest BCUT2D eigenvalue weighted by molar-refractivity contribution is 9.10. The maximum Gasteiger partial charge on any atom is 0.263 e. The number of halogens is 1. The van der Waals surface area contributed by atoms with Gasteiger partial charge in [-0.25, -0.2) is 0 Å². The first-order chi connectivity index (χ1) is 10.1. The van der Waals surface area contributed by atoms with Gasteiger partial charge in [-0.05, 0) is 25.0 Å².